The molecule has 0 radical (unpaired) electrons. The minimum atomic E-state index is 0.576. The molecule has 2 aromatic carbocycles. The van der Waals surface area contributed by atoms with Crippen LogP contribution in [-0.2, 0) is 0 Å². The summed E-state index contributed by atoms with van der Waals surface area (Å²) in [4.78, 5) is 8.38. The molecule has 7 nitrogen and oxygen atoms in total. The van der Waals surface area contributed by atoms with Crippen molar-refractivity contribution in [1.29, 1.82) is 0 Å². The normalized spacial score (nSPS) is 11.6. The first-order valence-corrected chi connectivity index (χ1v) is 12.0. The van der Waals surface area contributed by atoms with E-state index in [1.807, 2.05) is 72.8 Å². The molecule has 37 heavy (non-hydrogen) atoms. The van der Waals surface area contributed by atoms with Crippen LogP contribution in [0.3, 0.4) is 0 Å². The summed E-state index contributed by atoms with van der Waals surface area (Å²) in [6, 6.07) is 23.2. The summed E-state index contributed by atoms with van der Waals surface area (Å²) in [5.41, 5.74) is 7.92. The smallest absolute Gasteiger partial charge is 0.174 e. The summed E-state index contributed by atoms with van der Waals surface area (Å²) in [5.74, 6) is 2.78. The fourth-order valence-corrected chi connectivity index (χ4v) is 4.42. The lowest BCUT2D eigenvalue weighted by atomic mass is 9.99. The summed E-state index contributed by atoms with van der Waals surface area (Å²) >= 11 is 0. The average molecular weight is 487 g/mol. The Morgan fingerprint density at radius 1 is 0.514 bits per heavy atom. The molecule has 5 aromatic rings. The highest BCUT2D eigenvalue weighted by atomic mass is 16.3. The van der Waals surface area contributed by atoms with Crippen molar-refractivity contribution in [2.24, 2.45) is 20.5 Å². The van der Waals surface area contributed by atoms with Gasteiger partial charge < -0.3 is 4.42 Å². The first kappa shape index (κ1) is 23.9. The Kier molecular flexibility index (Phi) is 6.76. The number of rotatable bonds is 6. The van der Waals surface area contributed by atoms with Crippen molar-refractivity contribution in [3.05, 3.63) is 107 Å². The summed E-state index contributed by atoms with van der Waals surface area (Å²) in [7, 11) is 0. The van der Waals surface area contributed by atoms with Gasteiger partial charge in [0.1, 0.15) is 11.5 Å². The maximum Gasteiger partial charge on any atom is 0.174 e. The number of aromatic nitrogens is 2. The van der Waals surface area contributed by atoms with Crippen molar-refractivity contribution >= 4 is 23.0 Å². The van der Waals surface area contributed by atoms with E-state index in [4.69, 9.17) is 4.42 Å². The first-order chi connectivity index (χ1) is 18.0. The molecule has 0 amide bonds. The molecule has 0 saturated heterocycles. The van der Waals surface area contributed by atoms with Gasteiger partial charge >= 0.3 is 0 Å². The zero-order chi connectivity index (χ0) is 25.8. The Bertz CT molecular complexity index is 1440. The lowest BCUT2D eigenvalue weighted by Crippen LogP contribution is -1.88. The van der Waals surface area contributed by atoms with Gasteiger partial charge in [-0.25, -0.2) is 9.97 Å². The van der Waals surface area contributed by atoms with Gasteiger partial charge in [0.15, 0.2) is 11.6 Å². The van der Waals surface area contributed by atoms with Gasteiger partial charge in [0.05, 0.1) is 11.4 Å². The predicted octanol–water partition coefficient (Wildman–Crippen LogP) is 9.47. The fourth-order valence-electron chi connectivity index (χ4n) is 4.42. The van der Waals surface area contributed by atoms with Gasteiger partial charge in [-0.2, -0.15) is 0 Å². The number of nitrogens with zero attached hydrogens (tertiary/aromatic N) is 6. The molecule has 0 unspecified atom stereocenters. The quantitative estimate of drug-likeness (QED) is 0.224. The Labute approximate surface area is 215 Å². The van der Waals surface area contributed by atoms with Gasteiger partial charge in [-0.15, -0.1) is 20.5 Å². The molecule has 7 heteroatoms. The predicted molar refractivity (Wildman–Crippen MR) is 145 cm³/mol. The van der Waals surface area contributed by atoms with Gasteiger partial charge in [0.2, 0.25) is 0 Å². The molecule has 0 aliphatic heterocycles. The maximum absolute atomic E-state index is 6.39. The third-order valence-corrected chi connectivity index (χ3v) is 5.97. The summed E-state index contributed by atoms with van der Waals surface area (Å²) < 4.78 is 6.39. The number of furan rings is 1. The second kappa shape index (κ2) is 10.5. The average Bonchev–Trinajstić information content (AvgIpc) is 3.35. The van der Waals surface area contributed by atoms with E-state index in [1.54, 1.807) is 12.4 Å². The maximum atomic E-state index is 6.39. The number of benzene rings is 2. The molecule has 5 rings (SSSR count). The van der Waals surface area contributed by atoms with Crippen molar-refractivity contribution in [2.45, 2.75) is 27.7 Å². The van der Waals surface area contributed by atoms with Crippen LogP contribution >= 0.6 is 0 Å². The fraction of sp³-hybridized carbons (Fsp3) is 0.133. The number of aryl methyl sites for hydroxylation is 4. The van der Waals surface area contributed by atoms with Crippen LogP contribution in [0.2, 0.25) is 0 Å². The third-order valence-electron chi connectivity index (χ3n) is 5.97. The van der Waals surface area contributed by atoms with Crippen LogP contribution in [0.1, 0.15) is 22.3 Å². The number of hydrogen-bond donors (Lipinski definition) is 0. The molecule has 0 fully saturated rings. The molecular formula is C30H26N6O. The monoisotopic (exact) mass is 486 g/mol. The lowest BCUT2D eigenvalue weighted by Gasteiger charge is -2.10. The Hall–Kier alpha value is -4.78. The standard InChI is InChI=1S/C30H26N6O/c1-19-15-23(33-35-27-9-5-7-13-31-27)16-20(2)29(19)25-11-12-26(37-25)30-21(3)17-24(18-22(30)4)34-36-28-10-6-8-14-32-28/h5-18H,1-4H3/b35-33+,36-34+. The zero-order valence-electron chi connectivity index (χ0n) is 21.2. The Morgan fingerprint density at radius 3 is 1.27 bits per heavy atom. The molecule has 0 saturated carbocycles. The number of pyridine rings is 2. The highest BCUT2D eigenvalue weighted by Crippen LogP contribution is 2.38. The van der Waals surface area contributed by atoms with Crippen molar-refractivity contribution in [2.75, 3.05) is 0 Å². The zero-order valence-corrected chi connectivity index (χ0v) is 21.2. The summed E-state index contributed by atoms with van der Waals surface area (Å²) in [5, 5.41) is 17.2. The summed E-state index contributed by atoms with van der Waals surface area (Å²) in [6.07, 6.45) is 3.40. The van der Waals surface area contributed by atoms with Crippen LogP contribution in [0.25, 0.3) is 22.6 Å². The van der Waals surface area contributed by atoms with E-state index in [-0.39, 0.29) is 0 Å². The van der Waals surface area contributed by atoms with E-state index in [0.717, 1.165) is 56.3 Å². The third kappa shape index (κ3) is 5.41. The molecule has 0 N–H and O–H groups in total. The Balaban J connectivity index is 1.41. The number of azo groups is 2. The van der Waals surface area contributed by atoms with E-state index in [0.29, 0.717) is 11.6 Å². The van der Waals surface area contributed by atoms with Crippen LogP contribution < -0.4 is 0 Å². The molecule has 182 valence electrons. The Morgan fingerprint density at radius 2 is 0.919 bits per heavy atom. The molecule has 0 aliphatic carbocycles. The number of hydrogen-bond acceptors (Lipinski definition) is 7. The molecule has 3 heterocycles. The lowest BCUT2D eigenvalue weighted by molar-refractivity contribution is 0.595. The molecular weight excluding hydrogens is 460 g/mol. The SMILES string of the molecule is Cc1cc(/N=N/c2ccccn2)cc(C)c1-c1ccc(-c2c(C)cc(/N=N/c3ccccn3)cc2C)o1. The van der Waals surface area contributed by atoms with Crippen molar-refractivity contribution in [3.8, 4) is 22.6 Å². The largest absolute Gasteiger partial charge is 0.456 e. The van der Waals surface area contributed by atoms with Crippen LogP contribution in [-0.4, -0.2) is 9.97 Å². The van der Waals surface area contributed by atoms with E-state index in [2.05, 4.69) is 58.1 Å². The van der Waals surface area contributed by atoms with Gasteiger partial charge in [-0.1, -0.05) is 12.1 Å². The second-order valence-electron chi connectivity index (χ2n) is 8.85. The first-order valence-electron chi connectivity index (χ1n) is 12.0. The van der Waals surface area contributed by atoms with E-state index < -0.39 is 0 Å². The van der Waals surface area contributed by atoms with Gasteiger partial charge in [0, 0.05) is 23.5 Å². The molecule has 3 aromatic heterocycles. The topological polar surface area (TPSA) is 88.4 Å². The van der Waals surface area contributed by atoms with Gasteiger partial charge in [-0.05, 0) is 111 Å². The van der Waals surface area contributed by atoms with Gasteiger partial charge in [-0.3, -0.25) is 0 Å². The summed E-state index contributed by atoms with van der Waals surface area (Å²) in [6.45, 7) is 8.23. The van der Waals surface area contributed by atoms with E-state index in [9.17, 15) is 0 Å². The highest BCUT2D eigenvalue weighted by Gasteiger charge is 2.16. The van der Waals surface area contributed by atoms with Crippen molar-refractivity contribution < 1.29 is 4.42 Å². The van der Waals surface area contributed by atoms with Crippen LogP contribution in [0.5, 0.6) is 0 Å². The minimum absolute atomic E-state index is 0.576. The van der Waals surface area contributed by atoms with Gasteiger partial charge in [0.25, 0.3) is 0 Å². The molecule has 0 bridgehead atoms. The van der Waals surface area contributed by atoms with E-state index >= 15 is 0 Å². The minimum Gasteiger partial charge on any atom is -0.456 e. The molecule has 0 aliphatic rings. The van der Waals surface area contributed by atoms with Crippen LogP contribution in [0, 0.1) is 27.7 Å². The van der Waals surface area contributed by atoms with E-state index in [1.165, 1.54) is 0 Å². The van der Waals surface area contributed by atoms with Crippen LogP contribution in [0.15, 0.2) is 110 Å². The highest BCUT2D eigenvalue weighted by molar-refractivity contribution is 5.75. The van der Waals surface area contributed by atoms with Crippen molar-refractivity contribution in [1.82, 2.24) is 9.97 Å². The van der Waals surface area contributed by atoms with Crippen LogP contribution in [0.4, 0.5) is 23.0 Å². The molecule has 0 atom stereocenters. The second-order valence-corrected chi connectivity index (χ2v) is 8.85. The molecule has 0 spiro atoms. The van der Waals surface area contributed by atoms with Crippen molar-refractivity contribution in [3.63, 3.8) is 0 Å².